The molecule has 5 nitrogen and oxygen atoms in total. The maximum atomic E-state index is 12.7. The van der Waals surface area contributed by atoms with Crippen LogP contribution >= 0.6 is 11.8 Å². The first-order valence-electron chi connectivity index (χ1n) is 8.07. The lowest BCUT2D eigenvalue weighted by Crippen LogP contribution is -2.35. The standard InChI is InChI=1S/C19H19N3O2S/c20-17(23)13-16-18(24)22(12-11-14-7-3-1-4-8-14)19(25-16)21-15-9-5-2-6-10-15/h1-10,16H,11-13H2,(H2,20,23)/t16-/m1/s1. The molecule has 3 rings (SSSR count). The number of benzene rings is 2. The van der Waals surface area contributed by atoms with E-state index < -0.39 is 11.2 Å². The largest absolute Gasteiger partial charge is 0.370 e. The third-order valence-corrected chi connectivity index (χ3v) is 5.03. The number of rotatable bonds is 6. The Morgan fingerprint density at radius 3 is 2.36 bits per heavy atom. The number of amides is 2. The number of hydrogen-bond acceptors (Lipinski definition) is 4. The van der Waals surface area contributed by atoms with Crippen LogP contribution in [0.5, 0.6) is 0 Å². The minimum atomic E-state index is -0.490. The highest BCUT2D eigenvalue weighted by Gasteiger charge is 2.38. The van der Waals surface area contributed by atoms with Crippen LogP contribution in [0.1, 0.15) is 12.0 Å². The summed E-state index contributed by atoms with van der Waals surface area (Å²) in [5.41, 5.74) is 7.21. The first-order valence-corrected chi connectivity index (χ1v) is 8.95. The van der Waals surface area contributed by atoms with Gasteiger partial charge in [-0.1, -0.05) is 60.3 Å². The van der Waals surface area contributed by atoms with E-state index in [-0.39, 0.29) is 12.3 Å². The van der Waals surface area contributed by atoms with Gasteiger partial charge in [-0.3, -0.25) is 14.5 Å². The molecular formula is C19H19N3O2S. The van der Waals surface area contributed by atoms with Crippen LogP contribution in [0.25, 0.3) is 0 Å². The van der Waals surface area contributed by atoms with Crippen molar-refractivity contribution in [2.45, 2.75) is 18.1 Å². The fourth-order valence-corrected chi connectivity index (χ4v) is 3.81. The van der Waals surface area contributed by atoms with Crippen molar-refractivity contribution in [3.63, 3.8) is 0 Å². The summed E-state index contributed by atoms with van der Waals surface area (Å²) in [6.45, 7) is 0.525. The third kappa shape index (κ3) is 4.48. The Labute approximate surface area is 150 Å². The topological polar surface area (TPSA) is 75.8 Å². The Morgan fingerprint density at radius 1 is 1.08 bits per heavy atom. The molecule has 0 spiro atoms. The number of thioether (sulfide) groups is 1. The summed E-state index contributed by atoms with van der Waals surface area (Å²) >= 11 is 1.31. The van der Waals surface area contributed by atoms with Crippen molar-refractivity contribution in [3.8, 4) is 0 Å². The summed E-state index contributed by atoms with van der Waals surface area (Å²) < 4.78 is 0. The molecule has 2 aromatic rings. The number of aliphatic imine (C=N–C) groups is 1. The van der Waals surface area contributed by atoms with Crippen LogP contribution in [0.2, 0.25) is 0 Å². The zero-order valence-corrected chi connectivity index (χ0v) is 14.5. The highest BCUT2D eigenvalue weighted by Crippen LogP contribution is 2.31. The molecule has 25 heavy (non-hydrogen) atoms. The maximum Gasteiger partial charge on any atom is 0.242 e. The van der Waals surface area contributed by atoms with Crippen LogP contribution < -0.4 is 5.73 Å². The van der Waals surface area contributed by atoms with Gasteiger partial charge in [0.2, 0.25) is 11.8 Å². The van der Waals surface area contributed by atoms with Gasteiger partial charge in [0, 0.05) is 13.0 Å². The van der Waals surface area contributed by atoms with Crippen LogP contribution in [0.15, 0.2) is 65.7 Å². The van der Waals surface area contributed by atoms with Gasteiger partial charge in [0.05, 0.1) is 5.69 Å². The van der Waals surface area contributed by atoms with E-state index in [9.17, 15) is 9.59 Å². The molecule has 2 N–H and O–H groups in total. The van der Waals surface area contributed by atoms with Gasteiger partial charge in [0.25, 0.3) is 0 Å². The first kappa shape index (κ1) is 17.2. The summed E-state index contributed by atoms with van der Waals surface area (Å²) in [5, 5.41) is 0.133. The summed E-state index contributed by atoms with van der Waals surface area (Å²) in [7, 11) is 0. The predicted octanol–water partition coefficient (Wildman–Crippen LogP) is 2.74. The van der Waals surface area contributed by atoms with E-state index in [1.165, 1.54) is 11.8 Å². The Morgan fingerprint density at radius 2 is 1.72 bits per heavy atom. The molecule has 0 bridgehead atoms. The van der Waals surface area contributed by atoms with Crippen molar-refractivity contribution in [3.05, 3.63) is 66.2 Å². The number of carbonyl (C=O) groups is 2. The quantitative estimate of drug-likeness (QED) is 0.867. The molecule has 1 heterocycles. The van der Waals surface area contributed by atoms with E-state index in [2.05, 4.69) is 4.99 Å². The van der Waals surface area contributed by atoms with E-state index in [0.29, 0.717) is 11.7 Å². The van der Waals surface area contributed by atoms with E-state index in [1.807, 2.05) is 60.7 Å². The molecule has 2 amide bonds. The van der Waals surface area contributed by atoms with Crippen LogP contribution in [-0.2, 0) is 16.0 Å². The molecule has 0 unspecified atom stereocenters. The molecule has 1 fully saturated rings. The van der Waals surface area contributed by atoms with Gasteiger partial charge in [-0.15, -0.1) is 0 Å². The second kappa shape index (κ2) is 7.98. The summed E-state index contributed by atoms with van der Waals surface area (Å²) in [5.74, 6) is -0.579. The number of carbonyl (C=O) groups excluding carboxylic acids is 2. The fraction of sp³-hybridized carbons (Fsp3) is 0.211. The molecule has 0 saturated carbocycles. The smallest absolute Gasteiger partial charge is 0.242 e. The molecule has 0 aromatic heterocycles. The number of nitrogens with zero attached hydrogens (tertiary/aromatic N) is 2. The summed E-state index contributed by atoms with van der Waals surface area (Å²) in [4.78, 5) is 30.2. The number of hydrogen-bond donors (Lipinski definition) is 1. The van der Waals surface area contributed by atoms with Gasteiger partial charge in [-0.25, -0.2) is 4.99 Å². The molecular weight excluding hydrogens is 334 g/mol. The van der Waals surface area contributed by atoms with Crippen molar-refractivity contribution in [1.82, 2.24) is 4.90 Å². The first-order chi connectivity index (χ1) is 12.1. The van der Waals surface area contributed by atoms with E-state index in [0.717, 1.165) is 17.7 Å². The highest BCUT2D eigenvalue weighted by atomic mass is 32.2. The van der Waals surface area contributed by atoms with Gasteiger partial charge in [-0.05, 0) is 24.1 Å². The third-order valence-electron chi connectivity index (χ3n) is 3.85. The molecule has 1 aliphatic rings. The second-order valence-corrected chi connectivity index (χ2v) is 6.90. The SMILES string of the molecule is NC(=O)C[C@H]1SC(=Nc2ccccc2)N(CCc2ccccc2)C1=O. The van der Waals surface area contributed by atoms with Crippen LogP contribution in [0.3, 0.4) is 0 Å². The van der Waals surface area contributed by atoms with Crippen LogP contribution in [0, 0.1) is 0 Å². The van der Waals surface area contributed by atoms with Crippen molar-refractivity contribution in [2.75, 3.05) is 6.54 Å². The molecule has 0 aliphatic carbocycles. The Balaban J connectivity index is 1.80. The maximum absolute atomic E-state index is 12.7. The van der Waals surface area contributed by atoms with Gasteiger partial charge < -0.3 is 5.73 Å². The average molecular weight is 353 g/mol. The van der Waals surface area contributed by atoms with Crippen molar-refractivity contribution < 1.29 is 9.59 Å². The van der Waals surface area contributed by atoms with E-state index in [4.69, 9.17) is 5.73 Å². The Hall–Kier alpha value is -2.60. The molecule has 0 radical (unpaired) electrons. The van der Waals surface area contributed by atoms with Gasteiger partial charge in [0.1, 0.15) is 5.25 Å². The number of para-hydroxylation sites is 1. The van der Waals surface area contributed by atoms with E-state index in [1.54, 1.807) is 4.90 Å². The predicted molar refractivity (Wildman–Crippen MR) is 101 cm³/mol. The number of nitrogens with two attached hydrogens (primary N) is 1. The zero-order valence-electron chi connectivity index (χ0n) is 13.7. The average Bonchev–Trinajstić information content (AvgIpc) is 2.89. The van der Waals surface area contributed by atoms with Crippen molar-refractivity contribution in [2.24, 2.45) is 10.7 Å². The fourth-order valence-electron chi connectivity index (χ4n) is 2.61. The number of primary amides is 1. The highest BCUT2D eigenvalue weighted by molar-refractivity contribution is 8.15. The molecule has 128 valence electrons. The monoisotopic (exact) mass is 353 g/mol. The lowest BCUT2D eigenvalue weighted by molar-refractivity contribution is -0.128. The lowest BCUT2D eigenvalue weighted by atomic mass is 10.1. The second-order valence-electron chi connectivity index (χ2n) is 5.73. The Kier molecular flexibility index (Phi) is 5.50. The van der Waals surface area contributed by atoms with Crippen LogP contribution in [0.4, 0.5) is 5.69 Å². The Bertz CT molecular complexity index is 778. The molecule has 1 aliphatic heterocycles. The van der Waals surface area contributed by atoms with Gasteiger partial charge in [-0.2, -0.15) is 0 Å². The van der Waals surface area contributed by atoms with Crippen molar-refractivity contribution in [1.29, 1.82) is 0 Å². The molecule has 6 heteroatoms. The number of amidine groups is 1. The molecule has 1 saturated heterocycles. The van der Waals surface area contributed by atoms with Gasteiger partial charge in [0.15, 0.2) is 5.17 Å². The van der Waals surface area contributed by atoms with E-state index >= 15 is 0 Å². The summed E-state index contributed by atoms with van der Waals surface area (Å²) in [6.07, 6.45) is 0.753. The zero-order chi connectivity index (χ0) is 17.6. The molecule has 1 atom stereocenters. The minimum Gasteiger partial charge on any atom is -0.370 e. The van der Waals surface area contributed by atoms with Crippen LogP contribution in [-0.4, -0.2) is 33.7 Å². The minimum absolute atomic E-state index is 0.0269. The summed E-state index contributed by atoms with van der Waals surface area (Å²) in [6, 6.07) is 19.5. The normalized spacial score (nSPS) is 18.7. The van der Waals surface area contributed by atoms with Gasteiger partial charge >= 0.3 is 0 Å². The lowest BCUT2D eigenvalue weighted by Gasteiger charge is -2.16. The van der Waals surface area contributed by atoms with Crippen molar-refractivity contribution >= 4 is 34.4 Å². The molecule has 2 aromatic carbocycles.